The molecular formula is C15H23BrN2. The van der Waals surface area contributed by atoms with Gasteiger partial charge in [0.2, 0.25) is 0 Å². The van der Waals surface area contributed by atoms with Crippen molar-refractivity contribution in [3.05, 3.63) is 33.8 Å². The molecule has 1 aromatic carbocycles. The van der Waals surface area contributed by atoms with Crippen molar-refractivity contribution < 1.29 is 0 Å². The van der Waals surface area contributed by atoms with E-state index in [0.717, 1.165) is 12.5 Å². The zero-order valence-corrected chi connectivity index (χ0v) is 13.0. The zero-order chi connectivity index (χ0) is 13.0. The highest BCUT2D eigenvalue weighted by Crippen LogP contribution is 2.19. The summed E-state index contributed by atoms with van der Waals surface area (Å²) in [7, 11) is 2.22. The normalized spacial score (nSPS) is 20.3. The van der Waals surface area contributed by atoms with E-state index in [2.05, 4.69) is 58.3 Å². The Labute approximate surface area is 119 Å². The zero-order valence-electron chi connectivity index (χ0n) is 11.4. The number of benzene rings is 1. The second kappa shape index (κ2) is 6.69. The lowest BCUT2D eigenvalue weighted by Gasteiger charge is -2.27. The average molecular weight is 311 g/mol. The van der Waals surface area contributed by atoms with Crippen molar-refractivity contribution >= 4 is 15.9 Å². The van der Waals surface area contributed by atoms with E-state index in [1.165, 1.54) is 48.1 Å². The lowest BCUT2D eigenvalue weighted by atomic mass is 9.99. The van der Waals surface area contributed by atoms with Gasteiger partial charge < -0.3 is 10.2 Å². The summed E-state index contributed by atoms with van der Waals surface area (Å²) in [6, 6.07) is 6.66. The predicted octanol–water partition coefficient (Wildman–Crippen LogP) is 3.19. The van der Waals surface area contributed by atoms with E-state index in [-0.39, 0.29) is 0 Å². The van der Waals surface area contributed by atoms with Crippen LogP contribution in [0.2, 0.25) is 0 Å². The quantitative estimate of drug-likeness (QED) is 0.919. The van der Waals surface area contributed by atoms with E-state index < -0.39 is 0 Å². The van der Waals surface area contributed by atoms with Gasteiger partial charge in [0.25, 0.3) is 0 Å². The van der Waals surface area contributed by atoms with Crippen LogP contribution in [0.4, 0.5) is 0 Å². The number of hydrogen-bond donors (Lipinski definition) is 1. The van der Waals surface area contributed by atoms with Gasteiger partial charge in [0.05, 0.1) is 0 Å². The largest absolute Gasteiger partial charge is 0.316 e. The van der Waals surface area contributed by atoms with E-state index in [1.807, 2.05) is 0 Å². The molecular weight excluding hydrogens is 288 g/mol. The Morgan fingerprint density at radius 1 is 1.44 bits per heavy atom. The van der Waals surface area contributed by atoms with Crippen molar-refractivity contribution in [3.63, 3.8) is 0 Å². The standard InChI is InChI=1S/C15H23BrN2/c1-12-5-6-13(8-15(12)16)10-18(2)11-14-4-3-7-17-9-14/h5-6,8,14,17H,3-4,7,9-11H2,1-2H3. The van der Waals surface area contributed by atoms with Crippen LogP contribution in [-0.4, -0.2) is 31.6 Å². The summed E-state index contributed by atoms with van der Waals surface area (Å²) >= 11 is 3.61. The summed E-state index contributed by atoms with van der Waals surface area (Å²) in [5, 5.41) is 3.49. The highest BCUT2D eigenvalue weighted by Gasteiger charge is 2.15. The Balaban J connectivity index is 1.85. The van der Waals surface area contributed by atoms with Gasteiger partial charge in [-0.25, -0.2) is 0 Å². The third-order valence-electron chi connectivity index (χ3n) is 3.66. The van der Waals surface area contributed by atoms with Crippen LogP contribution in [0.5, 0.6) is 0 Å². The Morgan fingerprint density at radius 3 is 2.94 bits per heavy atom. The highest BCUT2D eigenvalue weighted by atomic mass is 79.9. The topological polar surface area (TPSA) is 15.3 Å². The molecule has 1 aliphatic heterocycles. The third-order valence-corrected chi connectivity index (χ3v) is 4.51. The molecule has 0 aromatic heterocycles. The molecule has 18 heavy (non-hydrogen) atoms. The minimum absolute atomic E-state index is 0.817. The van der Waals surface area contributed by atoms with Gasteiger partial charge in [-0.1, -0.05) is 28.1 Å². The first-order valence-corrected chi connectivity index (χ1v) is 7.59. The number of piperidine rings is 1. The number of rotatable bonds is 4. The molecule has 100 valence electrons. The molecule has 0 aliphatic carbocycles. The molecule has 0 bridgehead atoms. The molecule has 3 heteroatoms. The molecule has 1 fully saturated rings. The van der Waals surface area contributed by atoms with Crippen LogP contribution in [0, 0.1) is 12.8 Å². The van der Waals surface area contributed by atoms with Gasteiger partial charge in [0, 0.05) is 17.6 Å². The Kier molecular flexibility index (Phi) is 5.22. The Hall–Kier alpha value is -0.380. The van der Waals surface area contributed by atoms with Crippen molar-refractivity contribution in [1.82, 2.24) is 10.2 Å². The molecule has 2 nitrogen and oxygen atoms in total. The minimum atomic E-state index is 0.817. The van der Waals surface area contributed by atoms with Gasteiger partial charge in [0.15, 0.2) is 0 Å². The van der Waals surface area contributed by atoms with Crippen molar-refractivity contribution in [2.45, 2.75) is 26.3 Å². The molecule has 0 amide bonds. The van der Waals surface area contributed by atoms with E-state index in [4.69, 9.17) is 0 Å². The third kappa shape index (κ3) is 4.08. The lowest BCUT2D eigenvalue weighted by Crippen LogP contribution is -2.36. The van der Waals surface area contributed by atoms with E-state index in [1.54, 1.807) is 0 Å². The SMILES string of the molecule is Cc1ccc(CN(C)CC2CCCNC2)cc1Br. The molecule has 1 atom stereocenters. The molecule has 1 unspecified atom stereocenters. The van der Waals surface area contributed by atoms with Crippen molar-refractivity contribution in [3.8, 4) is 0 Å². The Morgan fingerprint density at radius 2 is 2.28 bits per heavy atom. The number of nitrogens with one attached hydrogen (secondary N) is 1. The fourth-order valence-electron chi connectivity index (χ4n) is 2.63. The summed E-state index contributed by atoms with van der Waals surface area (Å²) < 4.78 is 1.22. The molecule has 1 aliphatic rings. The maximum Gasteiger partial charge on any atom is 0.0231 e. The smallest absolute Gasteiger partial charge is 0.0231 e. The van der Waals surface area contributed by atoms with Crippen LogP contribution < -0.4 is 5.32 Å². The van der Waals surface area contributed by atoms with Gasteiger partial charge in [0.1, 0.15) is 0 Å². The molecule has 0 spiro atoms. The summed E-state index contributed by atoms with van der Waals surface area (Å²) in [6.45, 7) is 6.74. The predicted molar refractivity (Wildman–Crippen MR) is 80.8 cm³/mol. The number of nitrogens with zero attached hydrogens (tertiary/aromatic N) is 1. The van der Waals surface area contributed by atoms with Crippen LogP contribution in [0.3, 0.4) is 0 Å². The minimum Gasteiger partial charge on any atom is -0.316 e. The molecule has 1 N–H and O–H groups in total. The molecule has 1 aromatic rings. The van der Waals surface area contributed by atoms with Crippen molar-refractivity contribution in [2.75, 3.05) is 26.7 Å². The average Bonchev–Trinajstić information content (AvgIpc) is 2.35. The summed E-state index contributed by atoms with van der Waals surface area (Å²) in [4.78, 5) is 2.44. The number of hydrogen-bond acceptors (Lipinski definition) is 2. The van der Waals surface area contributed by atoms with Crippen LogP contribution in [0.1, 0.15) is 24.0 Å². The fourth-order valence-corrected chi connectivity index (χ4v) is 3.06. The van der Waals surface area contributed by atoms with Gasteiger partial charge >= 0.3 is 0 Å². The molecule has 0 radical (unpaired) electrons. The molecule has 0 saturated carbocycles. The first-order valence-electron chi connectivity index (χ1n) is 6.79. The monoisotopic (exact) mass is 310 g/mol. The Bertz CT molecular complexity index is 386. The lowest BCUT2D eigenvalue weighted by molar-refractivity contribution is 0.237. The summed E-state index contributed by atoms with van der Waals surface area (Å²) in [6.07, 6.45) is 2.70. The molecule has 2 rings (SSSR count). The molecule has 1 saturated heterocycles. The maximum absolute atomic E-state index is 3.61. The summed E-state index contributed by atoms with van der Waals surface area (Å²) in [5.74, 6) is 0.817. The number of aryl methyl sites for hydroxylation is 1. The second-order valence-electron chi connectivity index (χ2n) is 5.49. The maximum atomic E-state index is 3.61. The van der Waals surface area contributed by atoms with Crippen molar-refractivity contribution in [2.24, 2.45) is 5.92 Å². The van der Waals surface area contributed by atoms with E-state index >= 15 is 0 Å². The van der Waals surface area contributed by atoms with Crippen LogP contribution in [0.15, 0.2) is 22.7 Å². The van der Waals surface area contributed by atoms with Crippen LogP contribution in [0.25, 0.3) is 0 Å². The van der Waals surface area contributed by atoms with Crippen LogP contribution in [-0.2, 0) is 6.54 Å². The highest BCUT2D eigenvalue weighted by molar-refractivity contribution is 9.10. The first-order chi connectivity index (χ1) is 8.65. The fraction of sp³-hybridized carbons (Fsp3) is 0.600. The summed E-state index contributed by atoms with van der Waals surface area (Å²) in [5.41, 5.74) is 2.69. The van der Waals surface area contributed by atoms with Gasteiger partial charge in [-0.2, -0.15) is 0 Å². The van der Waals surface area contributed by atoms with Crippen LogP contribution >= 0.6 is 15.9 Å². The molecule has 1 heterocycles. The first kappa shape index (κ1) is 14.0. The van der Waals surface area contributed by atoms with E-state index in [9.17, 15) is 0 Å². The van der Waals surface area contributed by atoms with Crippen molar-refractivity contribution in [1.29, 1.82) is 0 Å². The van der Waals surface area contributed by atoms with Gasteiger partial charge in [-0.05, 0) is 63.0 Å². The second-order valence-corrected chi connectivity index (χ2v) is 6.35. The number of halogens is 1. The van der Waals surface area contributed by atoms with Gasteiger partial charge in [-0.15, -0.1) is 0 Å². The van der Waals surface area contributed by atoms with Gasteiger partial charge in [-0.3, -0.25) is 0 Å². The van der Waals surface area contributed by atoms with E-state index in [0.29, 0.717) is 0 Å².